The van der Waals surface area contributed by atoms with E-state index in [1.54, 1.807) is 0 Å². The molecule has 1 aliphatic rings. The normalized spacial score (nSPS) is 15.3. The molecule has 1 nitrogen and oxygen atoms in total. The molecule has 1 aliphatic carbocycles. The first-order chi connectivity index (χ1) is 19.8. The number of para-hydroxylation sites is 1. The van der Waals surface area contributed by atoms with Crippen LogP contribution in [-0.4, -0.2) is 0 Å². The zero-order valence-corrected chi connectivity index (χ0v) is 22.4. The van der Waals surface area contributed by atoms with E-state index in [-0.39, 0.29) is 0 Å². The van der Waals surface area contributed by atoms with Crippen LogP contribution in [0.3, 0.4) is 0 Å². The van der Waals surface area contributed by atoms with Gasteiger partial charge in [0.05, 0.1) is 0 Å². The molecule has 0 aliphatic heterocycles. The number of furan rings is 1. The molecule has 0 amide bonds. The first-order valence-electron chi connectivity index (χ1n) is 14.1. The van der Waals surface area contributed by atoms with Crippen molar-refractivity contribution in [1.82, 2.24) is 0 Å². The third kappa shape index (κ3) is 3.48. The Balaban J connectivity index is 1.42. The molecule has 40 heavy (non-hydrogen) atoms. The Kier molecular flexibility index (Phi) is 5.24. The Hall–Kier alpha value is -4.88. The molecule has 1 aromatic heterocycles. The average molecular weight is 513 g/mol. The van der Waals surface area contributed by atoms with Gasteiger partial charge in [0.25, 0.3) is 0 Å². The average Bonchev–Trinajstić information content (AvgIpc) is 3.39. The zero-order valence-electron chi connectivity index (χ0n) is 22.4. The highest BCUT2D eigenvalue weighted by Gasteiger charge is 2.20. The smallest absolute Gasteiger partial charge is 0.142 e. The Morgan fingerprint density at radius 3 is 1.88 bits per heavy atom. The lowest BCUT2D eigenvalue weighted by Crippen LogP contribution is -2.00. The zero-order chi connectivity index (χ0) is 26.6. The van der Waals surface area contributed by atoms with E-state index in [0.717, 1.165) is 23.0 Å². The van der Waals surface area contributed by atoms with Crippen LogP contribution in [0, 0.1) is 5.92 Å². The summed E-state index contributed by atoms with van der Waals surface area (Å²) >= 11 is 0. The van der Waals surface area contributed by atoms with Gasteiger partial charge in [0.15, 0.2) is 0 Å². The molecule has 8 rings (SSSR count). The summed E-state index contributed by atoms with van der Waals surface area (Å²) < 4.78 is 6.56. The molecule has 1 heteroatoms. The first kappa shape index (κ1) is 23.0. The molecule has 0 N–H and O–H groups in total. The Morgan fingerprint density at radius 1 is 0.575 bits per heavy atom. The van der Waals surface area contributed by atoms with Crippen LogP contribution in [0.1, 0.15) is 18.9 Å². The monoisotopic (exact) mass is 512 g/mol. The van der Waals surface area contributed by atoms with E-state index in [1.165, 1.54) is 60.3 Å². The number of fused-ring (bicyclic) bond motifs is 5. The molecule has 0 spiro atoms. The van der Waals surface area contributed by atoms with Gasteiger partial charge in [-0.1, -0.05) is 128 Å². The lowest BCUT2D eigenvalue weighted by atomic mass is 9.85. The maximum absolute atomic E-state index is 6.56. The SMILES string of the molecule is C[C@H]1CC=CC=C1c1cccc2c1oc1ccc(-c3c4ccccc4c(-c4ccccc4)c4ccccc34)cc12. The van der Waals surface area contributed by atoms with E-state index < -0.39 is 0 Å². The second-order valence-electron chi connectivity index (χ2n) is 10.9. The van der Waals surface area contributed by atoms with Gasteiger partial charge in [-0.05, 0) is 73.8 Å². The number of benzene rings is 6. The molecule has 1 heterocycles. The minimum atomic E-state index is 0.472. The minimum Gasteiger partial charge on any atom is -0.455 e. The Bertz CT molecular complexity index is 2080. The topological polar surface area (TPSA) is 13.1 Å². The van der Waals surface area contributed by atoms with Crippen LogP contribution >= 0.6 is 0 Å². The number of hydrogen-bond acceptors (Lipinski definition) is 1. The van der Waals surface area contributed by atoms with Gasteiger partial charge < -0.3 is 4.42 Å². The van der Waals surface area contributed by atoms with Crippen molar-refractivity contribution in [3.05, 3.63) is 139 Å². The van der Waals surface area contributed by atoms with Gasteiger partial charge in [0.1, 0.15) is 11.2 Å². The quantitative estimate of drug-likeness (QED) is 0.215. The van der Waals surface area contributed by atoms with Crippen molar-refractivity contribution < 1.29 is 4.42 Å². The standard InChI is InChI=1S/C39H28O/c1-25-12-5-6-15-28(25)33-20-11-21-34-35-24-27(22-23-36(35)40-39(33)34)38-31-18-9-7-16-29(31)37(26-13-3-2-4-14-26)30-17-8-10-19-32(30)38/h2-11,13-25H,12H2,1H3/t25-/m0/s1. The summed E-state index contributed by atoms with van der Waals surface area (Å²) in [5, 5.41) is 7.41. The van der Waals surface area contributed by atoms with Gasteiger partial charge in [0, 0.05) is 16.3 Å². The molecular weight excluding hydrogens is 484 g/mol. The fourth-order valence-electron chi connectivity index (χ4n) is 6.64. The second kappa shape index (κ2) is 9.10. The lowest BCUT2D eigenvalue weighted by Gasteiger charge is -2.17. The van der Waals surface area contributed by atoms with Gasteiger partial charge in [-0.15, -0.1) is 0 Å². The molecule has 0 unspecified atom stereocenters. The molecular formula is C39H28O. The van der Waals surface area contributed by atoms with E-state index >= 15 is 0 Å². The predicted molar refractivity (Wildman–Crippen MR) is 171 cm³/mol. The summed E-state index contributed by atoms with van der Waals surface area (Å²) in [5.74, 6) is 0.472. The van der Waals surface area contributed by atoms with E-state index in [9.17, 15) is 0 Å². The van der Waals surface area contributed by atoms with Crippen molar-refractivity contribution >= 4 is 49.1 Å². The molecule has 0 radical (unpaired) electrons. The van der Waals surface area contributed by atoms with E-state index in [1.807, 2.05) is 0 Å². The number of rotatable bonds is 3. The van der Waals surface area contributed by atoms with Crippen LogP contribution < -0.4 is 0 Å². The van der Waals surface area contributed by atoms with Crippen LogP contribution in [0.5, 0.6) is 0 Å². The number of allylic oxidation sites excluding steroid dienone is 4. The summed E-state index contributed by atoms with van der Waals surface area (Å²) in [6.45, 7) is 2.30. The maximum Gasteiger partial charge on any atom is 0.142 e. The molecule has 190 valence electrons. The molecule has 6 aromatic carbocycles. The molecule has 0 saturated heterocycles. The van der Waals surface area contributed by atoms with Gasteiger partial charge in [-0.3, -0.25) is 0 Å². The summed E-state index contributed by atoms with van der Waals surface area (Å²) in [7, 11) is 0. The molecule has 7 aromatic rings. The highest BCUT2D eigenvalue weighted by atomic mass is 16.3. The third-order valence-electron chi connectivity index (χ3n) is 8.52. The fraction of sp³-hybridized carbons (Fsp3) is 0.0769. The van der Waals surface area contributed by atoms with E-state index in [4.69, 9.17) is 4.42 Å². The van der Waals surface area contributed by atoms with Gasteiger partial charge >= 0.3 is 0 Å². The van der Waals surface area contributed by atoms with Crippen molar-refractivity contribution in [3.63, 3.8) is 0 Å². The summed E-state index contributed by atoms with van der Waals surface area (Å²) in [6, 6.07) is 41.7. The second-order valence-corrected chi connectivity index (χ2v) is 10.9. The fourth-order valence-corrected chi connectivity index (χ4v) is 6.64. The van der Waals surface area contributed by atoms with Crippen LogP contribution in [0.4, 0.5) is 0 Å². The maximum atomic E-state index is 6.56. The van der Waals surface area contributed by atoms with Gasteiger partial charge in [-0.2, -0.15) is 0 Å². The molecule has 1 atom stereocenters. The van der Waals surface area contributed by atoms with Crippen molar-refractivity contribution in [2.75, 3.05) is 0 Å². The van der Waals surface area contributed by atoms with Gasteiger partial charge in [-0.25, -0.2) is 0 Å². The highest BCUT2D eigenvalue weighted by molar-refractivity contribution is 6.22. The van der Waals surface area contributed by atoms with E-state index in [2.05, 4.69) is 140 Å². The van der Waals surface area contributed by atoms with Crippen LogP contribution in [-0.2, 0) is 0 Å². The van der Waals surface area contributed by atoms with Gasteiger partial charge in [0.2, 0.25) is 0 Å². The minimum absolute atomic E-state index is 0.472. The van der Waals surface area contributed by atoms with Crippen molar-refractivity contribution in [3.8, 4) is 22.3 Å². The van der Waals surface area contributed by atoms with Crippen LogP contribution in [0.2, 0.25) is 0 Å². The van der Waals surface area contributed by atoms with E-state index in [0.29, 0.717) is 5.92 Å². The highest BCUT2D eigenvalue weighted by Crippen LogP contribution is 2.45. The number of hydrogen-bond donors (Lipinski definition) is 0. The molecule has 0 bridgehead atoms. The summed E-state index contributed by atoms with van der Waals surface area (Å²) in [6.07, 6.45) is 7.72. The van der Waals surface area contributed by atoms with Crippen LogP contribution in [0.15, 0.2) is 138 Å². The summed E-state index contributed by atoms with van der Waals surface area (Å²) in [5.41, 5.74) is 9.48. The predicted octanol–water partition coefficient (Wildman–Crippen LogP) is 11.2. The van der Waals surface area contributed by atoms with Crippen molar-refractivity contribution in [2.24, 2.45) is 5.92 Å². The van der Waals surface area contributed by atoms with Crippen molar-refractivity contribution in [2.45, 2.75) is 13.3 Å². The molecule has 0 saturated carbocycles. The third-order valence-corrected chi connectivity index (χ3v) is 8.52. The Labute approximate surface area is 233 Å². The largest absolute Gasteiger partial charge is 0.455 e. The van der Waals surface area contributed by atoms with Crippen molar-refractivity contribution in [1.29, 1.82) is 0 Å². The molecule has 0 fully saturated rings. The lowest BCUT2D eigenvalue weighted by molar-refractivity contribution is 0.665. The van der Waals surface area contributed by atoms with Crippen LogP contribution in [0.25, 0.3) is 71.3 Å². The summed E-state index contributed by atoms with van der Waals surface area (Å²) in [4.78, 5) is 0. The first-order valence-corrected chi connectivity index (χ1v) is 14.1. The Morgan fingerprint density at radius 2 is 1.20 bits per heavy atom.